The van der Waals surface area contributed by atoms with Crippen LogP contribution >= 0.6 is 23.4 Å². The lowest BCUT2D eigenvalue weighted by Gasteiger charge is -2.08. The minimum absolute atomic E-state index is 0.184. The Hall–Kier alpha value is -2.57. The van der Waals surface area contributed by atoms with E-state index in [0.717, 1.165) is 28.5 Å². The SMILES string of the molecule is CCn1c(S/C(=C\c2ccc(C)cc2)C(=O)O)nnc1-c1ccc(Cl)cc1. The van der Waals surface area contributed by atoms with E-state index in [-0.39, 0.29) is 4.91 Å². The van der Waals surface area contributed by atoms with Crippen LogP contribution in [0.5, 0.6) is 0 Å². The monoisotopic (exact) mass is 399 g/mol. The van der Waals surface area contributed by atoms with Gasteiger partial charge in [0.2, 0.25) is 0 Å². The van der Waals surface area contributed by atoms with Crippen molar-refractivity contribution in [2.24, 2.45) is 0 Å². The van der Waals surface area contributed by atoms with Crippen molar-refractivity contribution < 1.29 is 9.90 Å². The van der Waals surface area contributed by atoms with E-state index in [1.54, 1.807) is 18.2 Å². The number of carboxylic acid groups (broad SMARTS) is 1. The van der Waals surface area contributed by atoms with E-state index in [0.29, 0.717) is 22.5 Å². The fourth-order valence-corrected chi connectivity index (χ4v) is 3.52. The lowest BCUT2D eigenvalue weighted by atomic mass is 10.1. The highest BCUT2D eigenvalue weighted by Gasteiger charge is 2.18. The number of hydrogen-bond acceptors (Lipinski definition) is 4. The molecule has 1 aromatic heterocycles. The molecule has 0 bridgehead atoms. The van der Waals surface area contributed by atoms with E-state index >= 15 is 0 Å². The number of aliphatic carboxylic acids is 1. The molecule has 1 N–H and O–H groups in total. The van der Waals surface area contributed by atoms with Crippen LogP contribution in [0.4, 0.5) is 0 Å². The molecule has 0 aliphatic carbocycles. The predicted octanol–water partition coefficient (Wildman–Crippen LogP) is 5.14. The molecule has 0 aliphatic heterocycles. The Morgan fingerprint density at radius 1 is 1.15 bits per heavy atom. The highest BCUT2D eigenvalue weighted by Crippen LogP contribution is 2.30. The zero-order chi connectivity index (χ0) is 19.4. The molecule has 0 atom stereocenters. The smallest absolute Gasteiger partial charge is 0.342 e. The number of carboxylic acids is 1. The van der Waals surface area contributed by atoms with Crippen molar-refractivity contribution in [2.75, 3.05) is 0 Å². The Morgan fingerprint density at radius 3 is 2.41 bits per heavy atom. The van der Waals surface area contributed by atoms with Crippen LogP contribution in [0.3, 0.4) is 0 Å². The van der Waals surface area contributed by atoms with Crippen LogP contribution < -0.4 is 0 Å². The third kappa shape index (κ3) is 4.59. The second-order valence-corrected chi connectivity index (χ2v) is 7.33. The predicted molar refractivity (Wildman–Crippen MR) is 109 cm³/mol. The van der Waals surface area contributed by atoms with Gasteiger partial charge in [-0.05, 0) is 61.5 Å². The molecular formula is C20H18ClN3O2S. The molecule has 3 rings (SSSR count). The molecule has 0 amide bonds. The lowest BCUT2D eigenvalue weighted by molar-refractivity contribution is -0.131. The minimum Gasteiger partial charge on any atom is -0.477 e. The van der Waals surface area contributed by atoms with Crippen molar-refractivity contribution in [3.05, 3.63) is 69.6 Å². The number of hydrogen-bond donors (Lipinski definition) is 1. The number of carbonyl (C=O) groups is 1. The average molecular weight is 400 g/mol. The zero-order valence-corrected chi connectivity index (χ0v) is 16.5. The molecular weight excluding hydrogens is 382 g/mol. The number of halogens is 1. The first-order chi connectivity index (χ1) is 13.0. The number of benzene rings is 2. The molecule has 0 radical (unpaired) electrons. The highest BCUT2D eigenvalue weighted by molar-refractivity contribution is 8.04. The first-order valence-electron chi connectivity index (χ1n) is 8.36. The Labute approximate surface area is 166 Å². The summed E-state index contributed by atoms with van der Waals surface area (Å²) < 4.78 is 1.89. The summed E-state index contributed by atoms with van der Waals surface area (Å²) in [5.41, 5.74) is 2.82. The Morgan fingerprint density at radius 2 is 1.81 bits per heavy atom. The largest absolute Gasteiger partial charge is 0.477 e. The second kappa shape index (κ2) is 8.41. The molecule has 3 aromatic rings. The molecule has 5 nitrogen and oxygen atoms in total. The van der Waals surface area contributed by atoms with Crippen LogP contribution in [0.1, 0.15) is 18.1 Å². The van der Waals surface area contributed by atoms with Gasteiger partial charge in [-0.1, -0.05) is 41.4 Å². The summed E-state index contributed by atoms with van der Waals surface area (Å²) in [5.74, 6) is -0.323. The summed E-state index contributed by atoms with van der Waals surface area (Å²) in [6.07, 6.45) is 1.64. The number of rotatable bonds is 6. The summed E-state index contributed by atoms with van der Waals surface area (Å²) in [4.78, 5) is 11.9. The quantitative estimate of drug-likeness (QED) is 0.459. The maximum absolute atomic E-state index is 11.7. The van der Waals surface area contributed by atoms with E-state index in [2.05, 4.69) is 10.2 Å². The first kappa shape index (κ1) is 19.2. The fourth-order valence-electron chi connectivity index (χ4n) is 2.51. The Balaban J connectivity index is 1.94. The number of aryl methyl sites for hydroxylation is 1. The molecule has 1 heterocycles. The van der Waals surface area contributed by atoms with Crippen LogP contribution in [0.25, 0.3) is 17.5 Å². The van der Waals surface area contributed by atoms with Crippen LogP contribution in [0.2, 0.25) is 5.02 Å². The number of aromatic nitrogens is 3. The minimum atomic E-state index is -1.00. The molecule has 0 spiro atoms. The lowest BCUT2D eigenvalue weighted by Crippen LogP contribution is -2.02. The summed E-state index contributed by atoms with van der Waals surface area (Å²) in [5, 5.41) is 19.2. The van der Waals surface area contributed by atoms with E-state index in [1.807, 2.05) is 54.8 Å². The van der Waals surface area contributed by atoms with Crippen LogP contribution in [-0.2, 0) is 11.3 Å². The molecule has 0 saturated heterocycles. The van der Waals surface area contributed by atoms with Gasteiger partial charge in [-0.2, -0.15) is 0 Å². The van der Waals surface area contributed by atoms with Crippen molar-refractivity contribution in [1.82, 2.24) is 14.8 Å². The summed E-state index contributed by atoms with van der Waals surface area (Å²) in [6.45, 7) is 4.57. The Bertz CT molecular complexity index is 979. The third-order valence-corrected chi connectivity index (χ3v) is 5.17. The standard InChI is InChI=1S/C20H18ClN3O2S/c1-3-24-18(15-8-10-16(21)11-9-15)22-23-20(24)27-17(19(25)26)12-14-6-4-13(2)5-7-14/h4-12H,3H2,1-2H3,(H,25,26)/b17-12-. The van der Waals surface area contributed by atoms with Crippen molar-refractivity contribution >= 4 is 35.4 Å². The van der Waals surface area contributed by atoms with Gasteiger partial charge in [0.25, 0.3) is 0 Å². The van der Waals surface area contributed by atoms with Gasteiger partial charge in [-0.15, -0.1) is 10.2 Å². The van der Waals surface area contributed by atoms with E-state index < -0.39 is 5.97 Å². The molecule has 0 saturated carbocycles. The van der Waals surface area contributed by atoms with Crippen LogP contribution in [-0.4, -0.2) is 25.8 Å². The number of thioether (sulfide) groups is 1. The topological polar surface area (TPSA) is 68.0 Å². The first-order valence-corrected chi connectivity index (χ1v) is 9.56. The zero-order valence-electron chi connectivity index (χ0n) is 14.9. The van der Waals surface area contributed by atoms with E-state index in [1.165, 1.54) is 0 Å². The van der Waals surface area contributed by atoms with Gasteiger partial charge in [0, 0.05) is 17.1 Å². The van der Waals surface area contributed by atoms with Gasteiger partial charge in [0.1, 0.15) is 4.91 Å². The fraction of sp³-hybridized carbons (Fsp3) is 0.150. The van der Waals surface area contributed by atoms with Gasteiger partial charge in [0.15, 0.2) is 11.0 Å². The second-order valence-electron chi connectivity index (χ2n) is 5.88. The van der Waals surface area contributed by atoms with Crippen molar-refractivity contribution in [1.29, 1.82) is 0 Å². The normalized spacial score (nSPS) is 11.6. The highest BCUT2D eigenvalue weighted by atomic mass is 35.5. The van der Waals surface area contributed by atoms with Crippen LogP contribution in [0, 0.1) is 6.92 Å². The summed E-state index contributed by atoms with van der Waals surface area (Å²) >= 11 is 7.04. The maximum Gasteiger partial charge on any atom is 0.342 e. The Kier molecular flexibility index (Phi) is 5.98. The maximum atomic E-state index is 11.7. The number of nitrogens with zero attached hydrogens (tertiary/aromatic N) is 3. The molecule has 0 fully saturated rings. The van der Waals surface area contributed by atoms with Gasteiger partial charge in [-0.25, -0.2) is 4.79 Å². The van der Waals surface area contributed by atoms with Crippen molar-refractivity contribution in [3.8, 4) is 11.4 Å². The molecule has 2 aromatic carbocycles. The summed E-state index contributed by atoms with van der Waals surface area (Å²) in [7, 11) is 0. The van der Waals surface area contributed by atoms with Crippen molar-refractivity contribution in [2.45, 2.75) is 25.5 Å². The van der Waals surface area contributed by atoms with Gasteiger partial charge in [0.05, 0.1) is 0 Å². The average Bonchev–Trinajstić information content (AvgIpc) is 3.06. The van der Waals surface area contributed by atoms with Gasteiger partial charge >= 0.3 is 5.97 Å². The third-order valence-electron chi connectivity index (χ3n) is 3.92. The molecule has 138 valence electrons. The molecule has 27 heavy (non-hydrogen) atoms. The molecule has 0 unspecified atom stereocenters. The molecule has 7 heteroatoms. The van der Waals surface area contributed by atoms with Crippen LogP contribution in [0.15, 0.2) is 58.6 Å². The van der Waals surface area contributed by atoms with Crippen molar-refractivity contribution in [3.63, 3.8) is 0 Å². The van der Waals surface area contributed by atoms with Gasteiger partial charge < -0.3 is 9.67 Å². The van der Waals surface area contributed by atoms with E-state index in [4.69, 9.17) is 11.6 Å². The van der Waals surface area contributed by atoms with Gasteiger partial charge in [-0.3, -0.25) is 0 Å². The molecule has 0 aliphatic rings. The summed E-state index contributed by atoms with van der Waals surface area (Å²) in [6, 6.07) is 15.0. The van der Waals surface area contributed by atoms with E-state index in [9.17, 15) is 9.90 Å².